The smallest absolute Gasteiger partial charge is 0.383 e. The van der Waals surface area contributed by atoms with E-state index in [9.17, 15) is 39.9 Å². The van der Waals surface area contributed by atoms with Crippen LogP contribution >= 0.6 is 11.6 Å². The third kappa shape index (κ3) is 2.77. The van der Waals surface area contributed by atoms with Crippen molar-refractivity contribution >= 4 is 17.9 Å². The summed E-state index contributed by atoms with van der Waals surface area (Å²) in [6.45, 7) is 0. The molecular weight excluding hydrogens is 320 g/mol. The molecular formula is C7H5ClF8O3. The second-order valence-corrected chi connectivity index (χ2v) is 3.82. The number of halogens is 9. The van der Waals surface area contributed by atoms with Crippen LogP contribution in [0.15, 0.2) is 0 Å². The molecule has 0 unspecified atom stereocenters. The van der Waals surface area contributed by atoms with Crippen LogP contribution in [0, 0.1) is 0 Å². The number of hydrogen-bond acceptors (Lipinski definition) is 3. The zero-order chi connectivity index (χ0) is 15.9. The first kappa shape index (κ1) is 18.3. The Morgan fingerprint density at radius 2 is 1.26 bits per heavy atom. The Kier molecular flexibility index (Phi) is 4.84. The zero-order valence-electron chi connectivity index (χ0n) is 8.44. The lowest BCUT2D eigenvalue weighted by Crippen LogP contribution is -2.66. The first-order valence-corrected chi connectivity index (χ1v) is 4.54. The van der Waals surface area contributed by atoms with Crippen molar-refractivity contribution in [3.8, 4) is 0 Å². The van der Waals surface area contributed by atoms with E-state index < -0.39 is 41.6 Å². The van der Waals surface area contributed by atoms with Crippen LogP contribution in [0.4, 0.5) is 35.1 Å². The molecule has 114 valence electrons. The molecule has 0 aromatic rings. The largest absolute Gasteiger partial charge is 0.392 e. The van der Waals surface area contributed by atoms with Gasteiger partial charge in [-0.05, 0) is 11.6 Å². The van der Waals surface area contributed by atoms with Crippen molar-refractivity contribution in [3.63, 3.8) is 0 Å². The number of aliphatic hydroxyl groups excluding tert-OH is 2. The monoisotopic (exact) mass is 324 g/mol. The Balaban J connectivity index is 5.70. The van der Waals surface area contributed by atoms with E-state index >= 15 is 0 Å². The molecule has 0 spiro atoms. The molecule has 0 bridgehead atoms. The molecule has 0 amide bonds. The molecule has 0 aliphatic carbocycles. The Morgan fingerprint density at radius 1 is 0.895 bits per heavy atom. The summed E-state index contributed by atoms with van der Waals surface area (Å²) in [7, 11) is 0. The molecule has 3 nitrogen and oxygen atoms in total. The van der Waals surface area contributed by atoms with Crippen LogP contribution in [0.25, 0.3) is 0 Å². The maximum atomic E-state index is 12.9. The molecule has 0 heterocycles. The molecule has 0 fully saturated rings. The van der Waals surface area contributed by atoms with Crippen LogP contribution in [0.1, 0.15) is 0 Å². The number of carbonyl (C=O) groups excluding carboxylic acids is 1. The van der Waals surface area contributed by atoms with Gasteiger partial charge in [-0.15, -0.1) is 0 Å². The molecule has 12 heteroatoms. The average molecular weight is 325 g/mol. The van der Waals surface area contributed by atoms with Gasteiger partial charge in [0.2, 0.25) is 0 Å². The highest BCUT2D eigenvalue weighted by Crippen LogP contribution is 2.55. The van der Waals surface area contributed by atoms with E-state index in [1.807, 2.05) is 0 Å². The summed E-state index contributed by atoms with van der Waals surface area (Å²) >= 11 is 3.62. The zero-order valence-corrected chi connectivity index (χ0v) is 9.19. The predicted molar refractivity (Wildman–Crippen MR) is 43.7 cm³/mol. The Labute approximate surface area is 104 Å². The van der Waals surface area contributed by atoms with Crippen molar-refractivity contribution in [1.29, 1.82) is 0 Å². The van der Waals surface area contributed by atoms with Crippen LogP contribution < -0.4 is 0 Å². The minimum absolute atomic E-state index is 0.869. The quantitative estimate of drug-likeness (QED) is 0.444. The lowest BCUT2D eigenvalue weighted by Gasteiger charge is -2.36. The van der Waals surface area contributed by atoms with Crippen LogP contribution in [0.3, 0.4) is 0 Å². The number of alkyl halides is 9. The number of aldehydes is 1. The Hall–Kier alpha value is -0.680. The van der Waals surface area contributed by atoms with Gasteiger partial charge in [0.25, 0.3) is 0 Å². The molecule has 0 saturated heterocycles. The molecule has 0 saturated carbocycles. The summed E-state index contributed by atoms with van der Waals surface area (Å²) < 4.78 is 100. The molecule has 19 heavy (non-hydrogen) atoms. The Morgan fingerprint density at radius 3 is 1.53 bits per heavy atom. The van der Waals surface area contributed by atoms with Gasteiger partial charge in [-0.1, -0.05) is 0 Å². The maximum Gasteiger partial charge on any atom is 0.392 e. The van der Waals surface area contributed by atoms with Crippen molar-refractivity contribution in [2.45, 2.75) is 35.4 Å². The molecule has 0 aromatic carbocycles. The molecule has 2 N–H and O–H groups in total. The highest BCUT2D eigenvalue weighted by molar-refractivity contribution is 6.22. The van der Waals surface area contributed by atoms with Gasteiger partial charge in [-0.25, -0.2) is 0 Å². The van der Waals surface area contributed by atoms with E-state index in [1.165, 1.54) is 0 Å². The van der Waals surface area contributed by atoms with Gasteiger partial charge in [0.1, 0.15) is 6.10 Å². The lowest BCUT2D eigenvalue weighted by atomic mass is 9.96. The number of hydrogen-bond donors (Lipinski definition) is 2. The lowest BCUT2D eigenvalue weighted by molar-refractivity contribution is -0.367. The predicted octanol–water partition coefficient (Wildman–Crippen LogP) is 1.64. The third-order valence-corrected chi connectivity index (χ3v) is 2.24. The van der Waals surface area contributed by atoms with E-state index in [4.69, 9.17) is 10.2 Å². The van der Waals surface area contributed by atoms with Gasteiger partial charge in [0, 0.05) is 0 Å². The fraction of sp³-hybridized carbons (Fsp3) is 0.857. The van der Waals surface area contributed by atoms with Gasteiger partial charge in [-0.2, -0.15) is 35.1 Å². The van der Waals surface area contributed by atoms with Gasteiger partial charge in [0.05, 0.1) is 0 Å². The summed E-state index contributed by atoms with van der Waals surface area (Å²) in [4.78, 5) is 9.82. The van der Waals surface area contributed by atoms with Crippen LogP contribution in [0.5, 0.6) is 0 Å². The fourth-order valence-corrected chi connectivity index (χ4v) is 0.981. The van der Waals surface area contributed by atoms with E-state index in [0.717, 1.165) is 0 Å². The summed E-state index contributed by atoms with van der Waals surface area (Å²) in [5.74, 6) is -19.8. The maximum absolute atomic E-state index is 12.9. The second-order valence-electron chi connectivity index (χ2n) is 3.34. The molecule has 0 aromatic heterocycles. The van der Waals surface area contributed by atoms with Gasteiger partial charge in [-0.3, -0.25) is 0 Å². The number of carbonyl (C=O) groups is 1. The van der Waals surface area contributed by atoms with Crippen molar-refractivity contribution in [2.24, 2.45) is 0 Å². The van der Waals surface area contributed by atoms with Gasteiger partial charge >= 0.3 is 23.1 Å². The SMILES string of the molecule is O=C[C@H](O)[C@@H](O)C(F)(F)C(F)(F)C(F)(F)C(F)(F)Cl. The second kappa shape index (κ2) is 5.02. The van der Waals surface area contributed by atoms with Crippen molar-refractivity contribution in [1.82, 2.24) is 0 Å². The van der Waals surface area contributed by atoms with Crippen LogP contribution in [0.2, 0.25) is 0 Å². The number of rotatable bonds is 6. The van der Waals surface area contributed by atoms with E-state index in [2.05, 4.69) is 11.6 Å². The summed E-state index contributed by atoms with van der Waals surface area (Å²) in [6, 6.07) is 0. The standard InChI is InChI=1S/C7H5ClF8O3/c8-7(15,16)6(13,14)5(11,12)4(9,10)3(19)2(18)1-17/h1-3,18-19H/t2-,3+/m0/s1. The minimum atomic E-state index is -6.84. The first-order valence-electron chi connectivity index (χ1n) is 4.16. The number of aliphatic hydroxyl groups is 2. The topological polar surface area (TPSA) is 57.5 Å². The van der Waals surface area contributed by atoms with Crippen LogP contribution in [-0.2, 0) is 4.79 Å². The highest BCUT2D eigenvalue weighted by atomic mass is 35.5. The fourth-order valence-electron chi connectivity index (χ4n) is 0.862. The molecule has 0 rings (SSSR count). The van der Waals surface area contributed by atoms with Gasteiger partial charge in [0.15, 0.2) is 12.4 Å². The molecule has 0 aliphatic heterocycles. The van der Waals surface area contributed by atoms with Crippen molar-refractivity contribution in [2.75, 3.05) is 0 Å². The van der Waals surface area contributed by atoms with Gasteiger partial charge < -0.3 is 15.0 Å². The summed E-state index contributed by atoms with van der Waals surface area (Å²) in [5, 5.41) is 10.8. The minimum Gasteiger partial charge on any atom is -0.383 e. The summed E-state index contributed by atoms with van der Waals surface area (Å²) in [6.07, 6.45) is -8.10. The normalized spacial score (nSPS) is 18.1. The van der Waals surface area contributed by atoms with Crippen molar-refractivity contribution < 1.29 is 50.1 Å². The van der Waals surface area contributed by atoms with Crippen molar-refractivity contribution in [3.05, 3.63) is 0 Å². The van der Waals surface area contributed by atoms with E-state index in [0.29, 0.717) is 0 Å². The third-order valence-electron chi connectivity index (χ3n) is 2.00. The summed E-state index contributed by atoms with van der Waals surface area (Å²) in [5.41, 5.74) is 0. The van der Waals surface area contributed by atoms with Crippen LogP contribution in [-0.4, -0.2) is 51.9 Å². The van der Waals surface area contributed by atoms with E-state index in [-0.39, 0.29) is 0 Å². The molecule has 0 aliphatic rings. The molecule has 2 atom stereocenters. The highest BCUT2D eigenvalue weighted by Gasteiger charge is 2.82. The average Bonchev–Trinajstić information content (AvgIpc) is 2.24. The Bertz CT molecular complexity index is 342. The van der Waals surface area contributed by atoms with E-state index in [1.54, 1.807) is 0 Å². The molecule has 0 radical (unpaired) electrons. The first-order chi connectivity index (χ1) is 8.14.